The number of hydrogen-bond acceptors (Lipinski definition) is 4. The first-order valence-corrected chi connectivity index (χ1v) is 13.7. The molecule has 2 saturated heterocycles. The summed E-state index contributed by atoms with van der Waals surface area (Å²) in [5, 5.41) is 4.93. The molecule has 2 aliphatic rings. The second kappa shape index (κ2) is 10.4. The van der Waals surface area contributed by atoms with Crippen LogP contribution < -0.4 is 15.1 Å². The highest BCUT2D eigenvalue weighted by molar-refractivity contribution is 7.80. The molecule has 6 rings (SSSR count). The number of pyridine rings is 1. The van der Waals surface area contributed by atoms with Crippen LogP contribution in [0.1, 0.15) is 34.7 Å². The quantitative estimate of drug-likeness (QED) is 0.304. The van der Waals surface area contributed by atoms with Gasteiger partial charge in [0.25, 0.3) is 0 Å². The number of aryl methyl sites for hydroxylation is 1. The smallest absolute Gasteiger partial charge is 0.174 e. The summed E-state index contributed by atoms with van der Waals surface area (Å²) >= 11 is 12.1. The number of anilines is 2. The van der Waals surface area contributed by atoms with E-state index >= 15 is 0 Å². The zero-order valence-electron chi connectivity index (χ0n) is 21.5. The maximum Gasteiger partial charge on any atom is 0.174 e. The van der Waals surface area contributed by atoms with Crippen LogP contribution in [0.5, 0.6) is 0 Å². The van der Waals surface area contributed by atoms with Gasteiger partial charge in [-0.25, -0.2) is 0 Å². The molecule has 2 atom stereocenters. The average Bonchev–Trinajstić information content (AvgIpc) is 3.45. The molecule has 0 unspecified atom stereocenters. The molecule has 2 aliphatic heterocycles. The molecule has 0 radical (unpaired) electrons. The average molecular weight is 544 g/mol. The van der Waals surface area contributed by atoms with E-state index in [9.17, 15) is 0 Å². The van der Waals surface area contributed by atoms with Crippen LogP contribution in [-0.4, -0.2) is 41.0 Å². The Morgan fingerprint density at radius 1 is 0.921 bits per heavy atom. The van der Waals surface area contributed by atoms with Crippen LogP contribution in [0.4, 0.5) is 11.4 Å². The van der Waals surface area contributed by atoms with Crippen molar-refractivity contribution in [3.63, 3.8) is 0 Å². The van der Waals surface area contributed by atoms with Crippen LogP contribution >= 0.6 is 23.8 Å². The van der Waals surface area contributed by atoms with E-state index < -0.39 is 0 Å². The van der Waals surface area contributed by atoms with Gasteiger partial charge < -0.3 is 24.4 Å². The zero-order chi connectivity index (χ0) is 26.2. The largest absolute Gasteiger partial charge is 0.378 e. The van der Waals surface area contributed by atoms with Gasteiger partial charge in [0.05, 0.1) is 31.0 Å². The molecule has 2 fully saturated rings. The van der Waals surface area contributed by atoms with Crippen molar-refractivity contribution in [3.8, 4) is 5.69 Å². The summed E-state index contributed by atoms with van der Waals surface area (Å²) in [6, 6.07) is 24.8. The van der Waals surface area contributed by atoms with E-state index in [2.05, 4.69) is 69.9 Å². The van der Waals surface area contributed by atoms with Crippen LogP contribution in [0.2, 0.25) is 5.02 Å². The van der Waals surface area contributed by atoms with Gasteiger partial charge in [-0.2, -0.15) is 0 Å². The molecule has 0 spiro atoms. The summed E-state index contributed by atoms with van der Waals surface area (Å²) < 4.78 is 7.85. The molecule has 0 bridgehead atoms. The first-order chi connectivity index (χ1) is 18.5. The summed E-state index contributed by atoms with van der Waals surface area (Å²) in [6.07, 6.45) is 1.83. The van der Waals surface area contributed by atoms with E-state index in [0.717, 1.165) is 43.4 Å². The minimum absolute atomic E-state index is 0.0776. The second-order valence-corrected chi connectivity index (χ2v) is 10.6. The Balaban J connectivity index is 1.41. The van der Waals surface area contributed by atoms with Crippen molar-refractivity contribution >= 4 is 40.3 Å². The van der Waals surface area contributed by atoms with E-state index in [-0.39, 0.29) is 12.1 Å². The topological polar surface area (TPSA) is 45.6 Å². The molecule has 2 aromatic carbocycles. The summed E-state index contributed by atoms with van der Waals surface area (Å²) in [7, 11) is 0. The molecule has 4 aromatic rings. The van der Waals surface area contributed by atoms with E-state index in [4.69, 9.17) is 33.5 Å². The second-order valence-electron chi connectivity index (χ2n) is 9.75. The van der Waals surface area contributed by atoms with Gasteiger partial charge in [-0.15, -0.1) is 0 Å². The van der Waals surface area contributed by atoms with Crippen LogP contribution in [-0.2, 0) is 4.74 Å². The normalized spacial score (nSPS) is 19.6. The Bertz CT molecular complexity index is 1430. The number of thiocarbonyl (C=S) groups is 1. The molecular formula is C30H30ClN5OS. The number of benzene rings is 2. The molecule has 6 nitrogen and oxygen atoms in total. The van der Waals surface area contributed by atoms with Gasteiger partial charge in [-0.05, 0) is 98.4 Å². The van der Waals surface area contributed by atoms with Gasteiger partial charge in [-0.1, -0.05) is 17.7 Å². The van der Waals surface area contributed by atoms with Gasteiger partial charge in [0.15, 0.2) is 5.11 Å². The maximum absolute atomic E-state index is 6.22. The minimum atomic E-state index is -0.1000. The lowest BCUT2D eigenvalue weighted by atomic mass is 9.96. The maximum atomic E-state index is 6.22. The lowest BCUT2D eigenvalue weighted by molar-refractivity contribution is 0.122. The van der Waals surface area contributed by atoms with Gasteiger partial charge in [-0.3, -0.25) is 4.98 Å². The fourth-order valence-electron chi connectivity index (χ4n) is 5.67. The standard InChI is InChI=1S/C30H30ClN5OS/c1-20-19-26(21(2)35(20)24-12-10-23(11-13-24)34-15-17-37-18-16-34)29-28(27-5-3-4-14-32-27)33-30(38)36(29)25-8-6-22(31)7-9-25/h3-14,19,28-29H,15-18H2,1-2H3,(H,33,38)/t28-,29+/m1/s1. The van der Waals surface area contributed by atoms with Gasteiger partial charge in [0.1, 0.15) is 0 Å². The molecule has 0 saturated carbocycles. The SMILES string of the molecule is Cc1cc([C@H]2[C@@H](c3ccccn3)NC(=S)N2c2ccc(Cl)cc2)c(C)n1-c1ccc(N2CCOCC2)cc1. The van der Waals surface area contributed by atoms with Crippen LogP contribution in [0, 0.1) is 13.8 Å². The number of rotatable bonds is 5. The highest BCUT2D eigenvalue weighted by Gasteiger charge is 2.42. The van der Waals surface area contributed by atoms with Crippen molar-refractivity contribution in [3.05, 3.63) is 107 Å². The van der Waals surface area contributed by atoms with Gasteiger partial charge >= 0.3 is 0 Å². The molecule has 4 heterocycles. The Hall–Kier alpha value is -3.39. The van der Waals surface area contributed by atoms with Crippen molar-refractivity contribution in [2.24, 2.45) is 0 Å². The fraction of sp³-hybridized carbons (Fsp3) is 0.267. The monoisotopic (exact) mass is 543 g/mol. The Labute approximate surface area is 233 Å². The van der Waals surface area contributed by atoms with E-state index in [1.165, 1.54) is 22.6 Å². The molecule has 2 aromatic heterocycles. The van der Waals surface area contributed by atoms with E-state index in [0.29, 0.717) is 10.1 Å². The fourth-order valence-corrected chi connectivity index (χ4v) is 6.14. The van der Waals surface area contributed by atoms with Gasteiger partial charge in [0, 0.05) is 52.8 Å². The Morgan fingerprint density at radius 2 is 1.61 bits per heavy atom. The summed E-state index contributed by atoms with van der Waals surface area (Å²) in [4.78, 5) is 9.26. The third-order valence-corrected chi connectivity index (χ3v) is 8.04. The molecule has 1 N–H and O–H groups in total. The molecule has 38 heavy (non-hydrogen) atoms. The molecule has 0 amide bonds. The lowest BCUT2D eigenvalue weighted by Crippen LogP contribution is -2.36. The van der Waals surface area contributed by atoms with Crippen LogP contribution in [0.15, 0.2) is 79.0 Å². The van der Waals surface area contributed by atoms with Crippen LogP contribution in [0.3, 0.4) is 0 Å². The summed E-state index contributed by atoms with van der Waals surface area (Å²) in [5.41, 5.74) is 7.88. The first kappa shape index (κ1) is 24.9. The third kappa shape index (κ3) is 4.55. The Morgan fingerprint density at radius 3 is 2.29 bits per heavy atom. The van der Waals surface area contributed by atoms with Crippen molar-refractivity contribution in [2.75, 3.05) is 36.1 Å². The lowest BCUT2D eigenvalue weighted by Gasteiger charge is -2.29. The number of morpholine rings is 1. The molecule has 8 heteroatoms. The molecule has 0 aliphatic carbocycles. The zero-order valence-corrected chi connectivity index (χ0v) is 23.0. The molecular weight excluding hydrogens is 514 g/mol. The van der Waals surface area contributed by atoms with Crippen LogP contribution in [0.25, 0.3) is 5.69 Å². The first-order valence-electron chi connectivity index (χ1n) is 12.9. The predicted molar refractivity (Wildman–Crippen MR) is 158 cm³/mol. The summed E-state index contributed by atoms with van der Waals surface area (Å²) in [5.74, 6) is 0. The summed E-state index contributed by atoms with van der Waals surface area (Å²) in [6.45, 7) is 7.76. The number of ether oxygens (including phenoxy) is 1. The van der Waals surface area contributed by atoms with Crippen molar-refractivity contribution in [1.82, 2.24) is 14.9 Å². The number of nitrogens with one attached hydrogen (secondary N) is 1. The van der Waals surface area contributed by atoms with Crippen molar-refractivity contribution in [2.45, 2.75) is 25.9 Å². The minimum Gasteiger partial charge on any atom is -0.378 e. The van der Waals surface area contributed by atoms with E-state index in [1.807, 2.05) is 42.6 Å². The number of hydrogen-bond donors (Lipinski definition) is 1. The van der Waals surface area contributed by atoms with E-state index in [1.54, 1.807) is 0 Å². The molecule has 194 valence electrons. The van der Waals surface area contributed by atoms with Crippen molar-refractivity contribution < 1.29 is 4.74 Å². The number of aromatic nitrogens is 2. The number of nitrogens with zero attached hydrogens (tertiary/aromatic N) is 4. The Kier molecular flexibility index (Phi) is 6.82. The highest BCUT2D eigenvalue weighted by atomic mass is 35.5. The number of halogens is 1. The van der Waals surface area contributed by atoms with Crippen molar-refractivity contribution in [1.29, 1.82) is 0 Å². The highest BCUT2D eigenvalue weighted by Crippen LogP contribution is 2.44. The van der Waals surface area contributed by atoms with Gasteiger partial charge in [0.2, 0.25) is 0 Å². The predicted octanol–water partition coefficient (Wildman–Crippen LogP) is 6.16. The third-order valence-electron chi connectivity index (χ3n) is 7.48.